The number of piperidine rings is 1. The third-order valence-corrected chi connectivity index (χ3v) is 3.84. The summed E-state index contributed by atoms with van der Waals surface area (Å²) in [6.45, 7) is 1.92. The molecule has 1 aliphatic rings. The predicted octanol–water partition coefficient (Wildman–Crippen LogP) is 2.98. The zero-order chi connectivity index (χ0) is 15.2. The maximum atomic E-state index is 13.8. The molecule has 1 aromatic rings. The minimum atomic E-state index is -0.585. The topological polar surface area (TPSA) is 29.5 Å². The lowest BCUT2D eigenvalue weighted by molar-refractivity contribution is 0.0530. The molecule has 1 atom stereocenters. The fraction of sp³-hybridized carbons (Fsp3) is 0.438. The molecule has 0 radical (unpaired) electrons. The van der Waals surface area contributed by atoms with E-state index in [1.54, 1.807) is 4.90 Å². The van der Waals surface area contributed by atoms with Gasteiger partial charge in [0.2, 0.25) is 0 Å². The molecule has 1 aliphatic heterocycles. The summed E-state index contributed by atoms with van der Waals surface area (Å²) in [5, 5.41) is 0.144. The van der Waals surface area contributed by atoms with Crippen molar-refractivity contribution in [2.24, 2.45) is 5.92 Å². The first-order valence-electron chi connectivity index (χ1n) is 6.88. The van der Waals surface area contributed by atoms with E-state index >= 15 is 0 Å². The lowest BCUT2D eigenvalue weighted by Crippen LogP contribution is -2.41. The van der Waals surface area contributed by atoms with Crippen molar-refractivity contribution in [2.75, 3.05) is 26.3 Å². The molecule has 2 rings (SSSR count). The maximum absolute atomic E-state index is 13.8. The van der Waals surface area contributed by atoms with Gasteiger partial charge in [0.25, 0.3) is 5.91 Å². The van der Waals surface area contributed by atoms with E-state index in [0.717, 1.165) is 12.8 Å². The smallest absolute Gasteiger partial charge is 0.258 e. The Bertz CT molecular complexity index is 535. The van der Waals surface area contributed by atoms with E-state index in [2.05, 4.69) is 5.92 Å². The first-order valence-corrected chi connectivity index (χ1v) is 7.25. The van der Waals surface area contributed by atoms with Gasteiger partial charge in [0.15, 0.2) is 0 Å². The molecule has 0 saturated carbocycles. The summed E-state index contributed by atoms with van der Waals surface area (Å²) in [6, 6.07) is 4.26. The molecular formula is C16H17ClFNO2. The highest BCUT2D eigenvalue weighted by atomic mass is 35.5. The first kappa shape index (κ1) is 15.8. The van der Waals surface area contributed by atoms with Gasteiger partial charge in [0.05, 0.1) is 17.2 Å². The summed E-state index contributed by atoms with van der Waals surface area (Å²) in [6.07, 6.45) is 6.97. The molecule has 0 aliphatic carbocycles. The summed E-state index contributed by atoms with van der Waals surface area (Å²) in [7, 11) is 0. The van der Waals surface area contributed by atoms with Crippen molar-refractivity contribution < 1.29 is 13.9 Å². The molecule has 21 heavy (non-hydrogen) atoms. The van der Waals surface area contributed by atoms with Crippen molar-refractivity contribution in [3.8, 4) is 12.3 Å². The maximum Gasteiger partial charge on any atom is 0.258 e. The lowest BCUT2D eigenvalue weighted by atomic mass is 9.98. The second kappa shape index (κ2) is 7.44. The summed E-state index contributed by atoms with van der Waals surface area (Å²) in [5.74, 6) is 1.69. The van der Waals surface area contributed by atoms with E-state index < -0.39 is 5.82 Å². The fourth-order valence-corrected chi connectivity index (χ4v) is 2.77. The van der Waals surface area contributed by atoms with Crippen molar-refractivity contribution >= 4 is 17.5 Å². The number of hydrogen-bond acceptors (Lipinski definition) is 2. The Hall–Kier alpha value is -1.57. The number of terminal acetylenes is 1. The molecule has 1 amide bonds. The van der Waals surface area contributed by atoms with Gasteiger partial charge >= 0.3 is 0 Å². The van der Waals surface area contributed by atoms with E-state index in [0.29, 0.717) is 19.7 Å². The molecule has 1 aromatic carbocycles. The molecular weight excluding hydrogens is 293 g/mol. The molecule has 112 valence electrons. The monoisotopic (exact) mass is 309 g/mol. The average molecular weight is 310 g/mol. The standard InChI is InChI=1S/C16H17ClFNO2/c1-2-9-21-11-12-5-4-8-19(10-12)16(20)15-13(17)6-3-7-14(15)18/h1,3,6-7,12H,4-5,8-11H2. The van der Waals surface area contributed by atoms with Crippen LogP contribution < -0.4 is 0 Å². The first-order chi connectivity index (χ1) is 10.1. The van der Waals surface area contributed by atoms with Crippen LogP contribution in [0.4, 0.5) is 4.39 Å². The Kier molecular flexibility index (Phi) is 5.60. The van der Waals surface area contributed by atoms with Crippen LogP contribution in [0.1, 0.15) is 23.2 Å². The quantitative estimate of drug-likeness (QED) is 0.632. The van der Waals surface area contributed by atoms with E-state index in [-0.39, 0.29) is 29.0 Å². The van der Waals surface area contributed by atoms with Gasteiger partial charge in [0.1, 0.15) is 12.4 Å². The van der Waals surface area contributed by atoms with Crippen molar-refractivity contribution in [1.82, 2.24) is 4.90 Å². The van der Waals surface area contributed by atoms with Gasteiger partial charge in [-0.25, -0.2) is 4.39 Å². The third kappa shape index (κ3) is 3.96. The molecule has 1 heterocycles. The van der Waals surface area contributed by atoms with Crippen LogP contribution in [0.5, 0.6) is 0 Å². The van der Waals surface area contributed by atoms with Crippen LogP contribution in [0.15, 0.2) is 18.2 Å². The molecule has 0 spiro atoms. The van der Waals surface area contributed by atoms with Gasteiger partial charge in [-0.15, -0.1) is 6.42 Å². The van der Waals surface area contributed by atoms with Crippen LogP contribution in [-0.2, 0) is 4.74 Å². The normalized spacial score (nSPS) is 18.3. The van der Waals surface area contributed by atoms with E-state index in [1.165, 1.54) is 18.2 Å². The second-order valence-electron chi connectivity index (χ2n) is 5.08. The largest absolute Gasteiger partial charge is 0.368 e. The van der Waals surface area contributed by atoms with Crippen LogP contribution in [0.3, 0.4) is 0 Å². The number of carbonyl (C=O) groups is 1. The Labute approximate surface area is 129 Å². The number of amides is 1. The third-order valence-electron chi connectivity index (χ3n) is 3.52. The SMILES string of the molecule is C#CCOCC1CCCN(C(=O)c2c(F)cccc2Cl)C1. The Balaban J connectivity index is 2.04. The van der Waals surface area contributed by atoms with Gasteiger partial charge in [-0.05, 0) is 25.0 Å². The average Bonchev–Trinajstić information content (AvgIpc) is 2.47. The molecule has 3 nitrogen and oxygen atoms in total. The summed E-state index contributed by atoms with van der Waals surface area (Å²) in [4.78, 5) is 14.1. The number of likely N-dealkylation sites (tertiary alicyclic amines) is 1. The zero-order valence-corrected chi connectivity index (χ0v) is 12.4. The molecule has 0 aromatic heterocycles. The number of hydrogen-bond donors (Lipinski definition) is 0. The van der Waals surface area contributed by atoms with Crippen LogP contribution in [0, 0.1) is 24.1 Å². The van der Waals surface area contributed by atoms with E-state index in [9.17, 15) is 9.18 Å². The van der Waals surface area contributed by atoms with Crippen molar-refractivity contribution in [2.45, 2.75) is 12.8 Å². The number of carbonyl (C=O) groups excluding carboxylic acids is 1. The Morgan fingerprint density at radius 2 is 2.38 bits per heavy atom. The highest BCUT2D eigenvalue weighted by Gasteiger charge is 2.27. The van der Waals surface area contributed by atoms with E-state index in [1.807, 2.05) is 0 Å². The molecule has 0 N–H and O–H groups in total. The molecule has 5 heteroatoms. The van der Waals surface area contributed by atoms with E-state index in [4.69, 9.17) is 22.8 Å². The van der Waals surface area contributed by atoms with Gasteiger partial charge in [-0.2, -0.15) is 0 Å². The number of nitrogens with zero attached hydrogens (tertiary/aromatic N) is 1. The highest BCUT2D eigenvalue weighted by molar-refractivity contribution is 6.33. The van der Waals surface area contributed by atoms with Crippen molar-refractivity contribution in [3.05, 3.63) is 34.6 Å². The zero-order valence-electron chi connectivity index (χ0n) is 11.6. The van der Waals surface area contributed by atoms with Gasteiger partial charge in [-0.3, -0.25) is 4.79 Å². The number of ether oxygens (including phenoxy) is 1. The summed E-state index contributed by atoms with van der Waals surface area (Å²) < 4.78 is 19.2. The van der Waals surface area contributed by atoms with Crippen LogP contribution in [-0.4, -0.2) is 37.1 Å². The summed E-state index contributed by atoms with van der Waals surface area (Å²) in [5.41, 5.74) is -0.0515. The van der Waals surface area contributed by atoms with Gasteiger partial charge in [-0.1, -0.05) is 23.6 Å². The van der Waals surface area contributed by atoms with Crippen molar-refractivity contribution in [3.63, 3.8) is 0 Å². The van der Waals surface area contributed by atoms with Crippen LogP contribution in [0.2, 0.25) is 5.02 Å². The van der Waals surface area contributed by atoms with Crippen LogP contribution in [0.25, 0.3) is 0 Å². The Morgan fingerprint density at radius 3 is 3.10 bits per heavy atom. The highest BCUT2D eigenvalue weighted by Crippen LogP contribution is 2.24. The number of rotatable bonds is 4. The fourth-order valence-electron chi connectivity index (χ4n) is 2.53. The van der Waals surface area contributed by atoms with Crippen LogP contribution >= 0.6 is 11.6 Å². The van der Waals surface area contributed by atoms with Gasteiger partial charge < -0.3 is 9.64 Å². The lowest BCUT2D eigenvalue weighted by Gasteiger charge is -2.32. The molecule has 1 unspecified atom stereocenters. The Morgan fingerprint density at radius 1 is 1.57 bits per heavy atom. The number of halogens is 2. The predicted molar refractivity (Wildman–Crippen MR) is 79.7 cm³/mol. The van der Waals surface area contributed by atoms with Crippen molar-refractivity contribution in [1.29, 1.82) is 0 Å². The minimum absolute atomic E-state index is 0.0515. The molecule has 1 saturated heterocycles. The van der Waals surface area contributed by atoms with Gasteiger partial charge in [0, 0.05) is 19.0 Å². The number of benzene rings is 1. The summed E-state index contributed by atoms with van der Waals surface area (Å²) >= 11 is 5.95. The molecule has 0 bridgehead atoms. The second-order valence-corrected chi connectivity index (χ2v) is 5.48. The minimum Gasteiger partial charge on any atom is -0.368 e. The molecule has 1 fully saturated rings.